The largest absolute Gasteiger partial charge is 0.467 e. The topological polar surface area (TPSA) is 38.3 Å². The summed E-state index contributed by atoms with van der Waals surface area (Å²) in [6, 6.07) is 6.00. The van der Waals surface area contributed by atoms with Crippen molar-refractivity contribution in [2.45, 2.75) is 25.3 Å². The van der Waals surface area contributed by atoms with Crippen LogP contribution in [0.25, 0.3) is 0 Å². The number of esters is 1. The van der Waals surface area contributed by atoms with Crippen LogP contribution in [-0.4, -0.2) is 18.6 Å². The molecule has 2 rings (SSSR count). The monoisotopic (exact) mass is 283 g/mol. The summed E-state index contributed by atoms with van der Waals surface area (Å²) < 4.78 is 5.91. The van der Waals surface area contributed by atoms with E-state index in [0.29, 0.717) is 12.8 Å². The van der Waals surface area contributed by atoms with Gasteiger partial charge in [-0.15, -0.1) is 0 Å². The molecule has 0 radical (unpaired) electrons. The van der Waals surface area contributed by atoms with Gasteiger partial charge in [0, 0.05) is 16.6 Å². The van der Waals surface area contributed by atoms with Gasteiger partial charge in [-0.1, -0.05) is 22.9 Å². The molecular weight excluding hydrogens is 270 g/mol. The number of hydrogen-bond donors (Lipinski definition) is 1. The van der Waals surface area contributed by atoms with Crippen molar-refractivity contribution >= 4 is 27.6 Å². The van der Waals surface area contributed by atoms with Crippen molar-refractivity contribution in [1.82, 2.24) is 0 Å². The first kappa shape index (κ1) is 11.5. The van der Waals surface area contributed by atoms with E-state index in [0.717, 1.165) is 15.7 Å². The van der Waals surface area contributed by atoms with E-state index in [4.69, 9.17) is 4.74 Å². The van der Waals surface area contributed by atoms with Gasteiger partial charge in [0.25, 0.3) is 0 Å². The third kappa shape index (κ3) is 1.71. The van der Waals surface area contributed by atoms with Crippen LogP contribution in [0.3, 0.4) is 0 Å². The van der Waals surface area contributed by atoms with Crippen molar-refractivity contribution in [3.8, 4) is 0 Å². The van der Waals surface area contributed by atoms with Crippen LogP contribution < -0.4 is 5.32 Å². The second-order valence-corrected chi connectivity index (χ2v) is 4.95. The van der Waals surface area contributed by atoms with Gasteiger partial charge in [0.2, 0.25) is 0 Å². The highest BCUT2D eigenvalue weighted by Crippen LogP contribution is 2.36. The van der Waals surface area contributed by atoms with E-state index >= 15 is 0 Å². The number of anilines is 1. The molecule has 1 aromatic carbocycles. The number of carbonyl (C=O) groups excluding carboxylic acids is 1. The van der Waals surface area contributed by atoms with Gasteiger partial charge in [-0.05, 0) is 30.2 Å². The number of carbonyl (C=O) groups is 1. The molecule has 3 nitrogen and oxygen atoms in total. The van der Waals surface area contributed by atoms with Gasteiger partial charge < -0.3 is 10.1 Å². The van der Waals surface area contributed by atoms with Crippen molar-refractivity contribution in [3.05, 3.63) is 28.2 Å². The Morgan fingerprint density at radius 1 is 1.62 bits per heavy atom. The zero-order valence-electron chi connectivity index (χ0n) is 9.34. The zero-order chi connectivity index (χ0) is 11.8. The number of halogens is 1. The lowest BCUT2D eigenvalue weighted by atomic mass is 9.92. The second kappa shape index (κ2) is 4.09. The van der Waals surface area contributed by atoms with Crippen LogP contribution in [0, 0.1) is 0 Å². The number of nitrogens with one attached hydrogen (secondary N) is 1. The predicted octanol–water partition coefficient (Wildman–Crippen LogP) is 2.74. The van der Waals surface area contributed by atoms with Crippen LogP contribution in [-0.2, 0) is 16.0 Å². The van der Waals surface area contributed by atoms with Crippen molar-refractivity contribution in [3.63, 3.8) is 0 Å². The fourth-order valence-corrected chi connectivity index (χ4v) is 2.54. The molecule has 0 saturated heterocycles. The molecule has 0 amide bonds. The lowest BCUT2D eigenvalue weighted by Crippen LogP contribution is -2.45. The van der Waals surface area contributed by atoms with Crippen molar-refractivity contribution in [2.24, 2.45) is 0 Å². The van der Waals surface area contributed by atoms with Crippen molar-refractivity contribution in [1.29, 1.82) is 0 Å². The Balaban J connectivity index is 2.35. The normalized spacial score (nSPS) is 22.4. The Hall–Kier alpha value is -1.03. The van der Waals surface area contributed by atoms with E-state index in [9.17, 15) is 4.79 Å². The van der Waals surface area contributed by atoms with Crippen molar-refractivity contribution in [2.75, 3.05) is 12.4 Å². The van der Waals surface area contributed by atoms with E-state index < -0.39 is 5.54 Å². The molecule has 1 aliphatic heterocycles. The first-order valence-electron chi connectivity index (χ1n) is 5.26. The Morgan fingerprint density at radius 2 is 2.38 bits per heavy atom. The highest BCUT2D eigenvalue weighted by atomic mass is 79.9. The zero-order valence-corrected chi connectivity index (χ0v) is 10.9. The molecule has 0 bridgehead atoms. The quantitative estimate of drug-likeness (QED) is 0.849. The predicted molar refractivity (Wildman–Crippen MR) is 66.5 cm³/mol. The van der Waals surface area contributed by atoms with E-state index in [1.54, 1.807) is 0 Å². The summed E-state index contributed by atoms with van der Waals surface area (Å²) in [5, 5.41) is 3.28. The molecule has 0 spiro atoms. The summed E-state index contributed by atoms with van der Waals surface area (Å²) in [5.74, 6) is -0.192. The number of methoxy groups -OCH3 is 1. The average Bonchev–Trinajstić information content (AvgIpc) is 2.67. The van der Waals surface area contributed by atoms with Crippen LogP contribution in [0.1, 0.15) is 18.9 Å². The second-order valence-electron chi connectivity index (χ2n) is 4.03. The lowest BCUT2D eigenvalue weighted by Gasteiger charge is -2.25. The minimum atomic E-state index is -0.585. The maximum absolute atomic E-state index is 11.8. The van der Waals surface area contributed by atoms with Crippen molar-refractivity contribution < 1.29 is 9.53 Å². The summed E-state index contributed by atoms with van der Waals surface area (Å²) >= 11 is 3.43. The van der Waals surface area contributed by atoms with E-state index in [1.165, 1.54) is 7.11 Å². The molecule has 1 N–H and O–H groups in total. The summed E-state index contributed by atoms with van der Waals surface area (Å²) in [7, 11) is 1.43. The first-order chi connectivity index (χ1) is 7.61. The molecule has 0 fully saturated rings. The van der Waals surface area contributed by atoms with Gasteiger partial charge in [0.05, 0.1) is 7.11 Å². The Bertz CT molecular complexity index is 433. The molecule has 1 aromatic rings. The van der Waals surface area contributed by atoms with E-state index in [1.807, 2.05) is 25.1 Å². The fourth-order valence-electron chi connectivity index (χ4n) is 2.13. The minimum Gasteiger partial charge on any atom is -0.467 e. The van der Waals surface area contributed by atoms with Crippen LogP contribution in [0.5, 0.6) is 0 Å². The Labute approximate surface area is 103 Å². The van der Waals surface area contributed by atoms with Gasteiger partial charge in [-0.2, -0.15) is 0 Å². The Kier molecular flexibility index (Phi) is 2.93. The third-order valence-electron chi connectivity index (χ3n) is 3.11. The molecule has 0 aliphatic carbocycles. The van der Waals surface area contributed by atoms with Crippen LogP contribution in [0.15, 0.2) is 22.7 Å². The highest BCUT2D eigenvalue weighted by molar-refractivity contribution is 9.10. The summed E-state index contributed by atoms with van der Waals surface area (Å²) in [6.45, 7) is 1.99. The molecule has 1 heterocycles. The maximum atomic E-state index is 11.8. The first-order valence-corrected chi connectivity index (χ1v) is 6.05. The average molecular weight is 284 g/mol. The molecule has 4 heteroatoms. The molecule has 1 aliphatic rings. The molecule has 16 heavy (non-hydrogen) atoms. The highest BCUT2D eigenvalue weighted by Gasteiger charge is 2.43. The van der Waals surface area contributed by atoms with Gasteiger partial charge in [0.1, 0.15) is 5.54 Å². The van der Waals surface area contributed by atoms with Crippen LogP contribution in [0.4, 0.5) is 5.69 Å². The number of rotatable bonds is 2. The smallest absolute Gasteiger partial charge is 0.331 e. The van der Waals surface area contributed by atoms with E-state index in [-0.39, 0.29) is 5.97 Å². The third-order valence-corrected chi connectivity index (χ3v) is 3.61. The summed E-state index contributed by atoms with van der Waals surface area (Å²) in [6.07, 6.45) is 1.40. The molecule has 1 atom stereocenters. The lowest BCUT2D eigenvalue weighted by molar-refractivity contribution is -0.145. The molecule has 0 aromatic heterocycles. The maximum Gasteiger partial charge on any atom is 0.331 e. The number of fused-ring (bicyclic) bond motifs is 1. The van der Waals surface area contributed by atoms with Crippen LogP contribution >= 0.6 is 15.9 Å². The van der Waals surface area contributed by atoms with Gasteiger partial charge >= 0.3 is 5.97 Å². The summed E-state index contributed by atoms with van der Waals surface area (Å²) in [4.78, 5) is 11.8. The van der Waals surface area contributed by atoms with Gasteiger partial charge in [-0.3, -0.25) is 0 Å². The molecular formula is C12H14BrNO2. The van der Waals surface area contributed by atoms with Crippen LogP contribution in [0.2, 0.25) is 0 Å². The minimum absolute atomic E-state index is 0.192. The molecule has 1 unspecified atom stereocenters. The Morgan fingerprint density at radius 3 is 3.00 bits per heavy atom. The standard InChI is InChI=1S/C12H14BrNO2/c1-3-12(11(15)16-2)7-8-6-9(13)4-5-10(8)14-12/h4-6,14H,3,7H2,1-2H3. The number of hydrogen-bond acceptors (Lipinski definition) is 3. The van der Waals surface area contributed by atoms with E-state index in [2.05, 4.69) is 21.2 Å². The van der Waals surface area contributed by atoms with Gasteiger partial charge in [-0.25, -0.2) is 4.79 Å². The fraction of sp³-hybridized carbons (Fsp3) is 0.417. The molecule has 0 saturated carbocycles. The molecule has 86 valence electrons. The number of ether oxygens (including phenoxy) is 1. The number of benzene rings is 1. The SMILES string of the molecule is CCC1(C(=O)OC)Cc2cc(Br)ccc2N1. The summed E-state index contributed by atoms with van der Waals surface area (Å²) in [5.41, 5.74) is 1.59. The van der Waals surface area contributed by atoms with Gasteiger partial charge in [0.15, 0.2) is 0 Å².